The molecule has 2 N–H and O–H groups in total. The van der Waals surface area contributed by atoms with Crippen LogP contribution in [0.3, 0.4) is 0 Å². The lowest BCUT2D eigenvalue weighted by Gasteiger charge is -2.11. The van der Waals surface area contributed by atoms with E-state index in [2.05, 4.69) is 5.32 Å². The topological polar surface area (TPSA) is 82.3 Å². The summed E-state index contributed by atoms with van der Waals surface area (Å²) in [6, 6.07) is 9.06. The molecule has 0 aliphatic heterocycles. The van der Waals surface area contributed by atoms with Crippen LogP contribution in [0, 0.1) is 11.3 Å². The minimum atomic E-state index is -0.162. The van der Waals surface area contributed by atoms with Crippen molar-refractivity contribution < 1.29 is 14.6 Å². The molecular formula is C16H20N2O3. The Kier molecular flexibility index (Phi) is 7.62. The van der Waals surface area contributed by atoms with Gasteiger partial charge in [0.1, 0.15) is 11.8 Å². The molecule has 0 fully saturated rings. The third-order valence-corrected chi connectivity index (χ3v) is 2.79. The van der Waals surface area contributed by atoms with Gasteiger partial charge in [-0.05, 0) is 43.5 Å². The Morgan fingerprint density at radius 3 is 2.81 bits per heavy atom. The molecule has 0 saturated heterocycles. The molecular weight excluding hydrogens is 268 g/mol. The molecule has 1 aromatic carbocycles. The van der Waals surface area contributed by atoms with E-state index >= 15 is 0 Å². The lowest BCUT2D eigenvalue weighted by molar-refractivity contribution is -0.117. The molecule has 0 heterocycles. The van der Waals surface area contributed by atoms with Crippen molar-refractivity contribution in [3.8, 4) is 11.8 Å². The second-order valence-electron chi connectivity index (χ2n) is 4.62. The first-order chi connectivity index (χ1) is 10.2. The van der Waals surface area contributed by atoms with E-state index in [1.54, 1.807) is 18.2 Å². The minimum Gasteiger partial charge on any atom is -0.479 e. The number of nitrogens with zero attached hydrogens (tertiary/aromatic N) is 1. The number of amides is 1. The molecule has 0 saturated carbocycles. The minimum absolute atomic E-state index is 0.0172. The molecule has 1 aromatic rings. The predicted molar refractivity (Wildman–Crippen MR) is 80.5 cm³/mol. The maximum Gasteiger partial charge on any atom is 0.244 e. The third kappa shape index (κ3) is 7.14. The number of rotatable bonds is 8. The number of aliphatic hydroxyl groups is 1. The molecule has 0 aliphatic carbocycles. The van der Waals surface area contributed by atoms with Gasteiger partial charge in [0, 0.05) is 18.7 Å². The van der Waals surface area contributed by atoms with Crippen LogP contribution in [0.5, 0.6) is 5.75 Å². The summed E-state index contributed by atoms with van der Waals surface area (Å²) in [6.45, 7) is 2.06. The fourth-order valence-corrected chi connectivity index (χ4v) is 1.72. The van der Waals surface area contributed by atoms with Crippen LogP contribution >= 0.6 is 0 Å². The SMILES string of the molecule is CC(CCCO)NC(=O)/C=C/c1ccc(OCC#N)cc1. The molecule has 112 valence electrons. The normalized spacial score (nSPS) is 11.9. The molecule has 1 rings (SSSR count). The maximum atomic E-state index is 11.7. The second kappa shape index (κ2) is 9.56. The first kappa shape index (κ1) is 16.7. The zero-order valence-electron chi connectivity index (χ0n) is 12.1. The van der Waals surface area contributed by atoms with Gasteiger partial charge < -0.3 is 15.2 Å². The van der Waals surface area contributed by atoms with Gasteiger partial charge in [0.15, 0.2) is 6.61 Å². The molecule has 1 unspecified atom stereocenters. The highest BCUT2D eigenvalue weighted by molar-refractivity contribution is 5.91. The van der Waals surface area contributed by atoms with Crippen molar-refractivity contribution in [2.24, 2.45) is 0 Å². The summed E-state index contributed by atoms with van der Waals surface area (Å²) in [7, 11) is 0. The van der Waals surface area contributed by atoms with Crippen molar-refractivity contribution in [3.05, 3.63) is 35.9 Å². The standard InChI is InChI=1S/C16H20N2O3/c1-13(3-2-11-19)18-16(20)9-6-14-4-7-15(8-5-14)21-12-10-17/h4-9,13,19H,2-3,11-12H2,1H3,(H,18,20)/b9-6+. The Morgan fingerprint density at radius 1 is 1.48 bits per heavy atom. The van der Waals surface area contributed by atoms with Crippen molar-refractivity contribution in [2.45, 2.75) is 25.8 Å². The van der Waals surface area contributed by atoms with Crippen molar-refractivity contribution in [2.75, 3.05) is 13.2 Å². The first-order valence-corrected chi connectivity index (χ1v) is 6.85. The van der Waals surface area contributed by atoms with Crippen LogP contribution in [0.15, 0.2) is 30.3 Å². The fourth-order valence-electron chi connectivity index (χ4n) is 1.72. The zero-order valence-corrected chi connectivity index (χ0v) is 12.1. The van der Waals surface area contributed by atoms with E-state index in [9.17, 15) is 4.79 Å². The number of carbonyl (C=O) groups is 1. The Hall–Kier alpha value is -2.32. The second-order valence-corrected chi connectivity index (χ2v) is 4.62. The van der Waals surface area contributed by atoms with Gasteiger partial charge in [0.2, 0.25) is 5.91 Å². The van der Waals surface area contributed by atoms with E-state index in [1.165, 1.54) is 6.08 Å². The number of aliphatic hydroxyl groups excluding tert-OH is 1. The van der Waals surface area contributed by atoms with Crippen LogP contribution in [0.2, 0.25) is 0 Å². The molecule has 0 bridgehead atoms. The number of nitrogens with one attached hydrogen (secondary N) is 1. The number of carbonyl (C=O) groups excluding carboxylic acids is 1. The Balaban J connectivity index is 2.44. The first-order valence-electron chi connectivity index (χ1n) is 6.85. The van der Waals surface area contributed by atoms with Crippen LogP contribution in [-0.4, -0.2) is 30.3 Å². The number of hydrogen-bond donors (Lipinski definition) is 2. The Bertz CT molecular complexity index is 503. The molecule has 1 atom stereocenters. The zero-order chi connectivity index (χ0) is 15.5. The van der Waals surface area contributed by atoms with Gasteiger partial charge in [-0.15, -0.1) is 0 Å². The summed E-state index contributed by atoms with van der Waals surface area (Å²) in [5, 5.41) is 20.0. The molecule has 0 spiro atoms. The van der Waals surface area contributed by atoms with Crippen LogP contribution in [0.1, 0.15) is 25.3 Å². The predicted octanol–water partition coefficient (Wildman–Crippen LogP) is 1.88. The van der Waals surface area contributed by atoms with Crippen LogP contribution < -0.4 is 10.1 Å². The highest BCUT2D eigenvalue weighted by atomic mass is 16.5. The van der Waals surface area contributed by atoms with Gasteiger partial charge in [-0.25, -0.2) is 0 Å². The van der Waals surface area contributed by atoms with E-state index in [0.29, 0.717) is 12.2 Å². The smallest absolute Gasteiger partial charge is 0.244 e. The fraction of sp³-hybridized carbons (Fsp3) is 0.375. The Morgan fingerprint density at radius 2 is 2.19 bits per heavy atom. The van der Waals surface area contributed by atoms with Gasteiger partial charge in [0.05, 0.1) is 0 Å². The largest absolute Gasteiger partial charge is 0.479 e. The summed E-state index contributed by atoms with van der Waals surface area (Å²) in [6.07, 6.45) is 4.61. The molecule has 5 heteroatoms. The summed E-state index contributed by atoms with van der Waals surface area (Å²) in [5.41, 5.74) is 0.873. The Labute approximate surface area is 124 Å². The highest BCUT2D eigenvalue weighted by Gasteiger charge is 2.03. The van der Waals surface area contributed by atoms with Crippen LogP contribution in [-0.2, 0) is 4.79 Å². The van der Waals surface area contributed by atoms with Gasteiger partial charge >= 0.3 is 0 Å². The number of benzene rings is 1. The summed E-state index contributed by atoms with van der Waals surface area (Å²) in [5.74, 6) is 0.459. The van der Waals surface area contributed by atoms with Gasteiger partial charge in [-0.2, -0.15) is 5.26 Å². The number of ether oxygens (including phenoxy) is 1. The van der Waals surface area contributed by atoms with Gasteiger partial charge in [-0.1, -0.05) is 12.1 Å². The van der Waals surface area contributed by atoms with E-state index in [4.69, 9.17) is 15.1 Å². The van der Waals surface area contributed by atoms with Crippen molar-refractivity contribution >= 4 is 12.0 Å². The van der Waals surface area contributed by atoms with Crippen molar-refractivity contribution in [1.29, 1.82) is 5.26 Å². The van der Waals surface area contributed by atoms with E-state index in [-0.39, 0.29) is 25.2 Å². The molecule has 1 amide bonds. The molecule has 0 radical (unpaired) electrons. The van der Waals surface area contributed by atoms with Crippen molar-refractivity contribution in [3.63, 3.8) is 0 Å². The monoisotopic (exact) mass is 288 g/mol. The third-order valence-electron chi connectivity index (χ3n) is 2.79. The lowest BCUT2D eigenvalue weighted by Crippen LogP contribution is -2.31. The average molecular weight is 288 g/mol. The van der Waals surface area contributed by atoms with E-state index in [1.807, 2.05) is 25.1 Å². The number of hydrogen-bond acceptors (Lipinski definition) is 4. The summed E-state index contributed by atoms with van der Waals surface area (Å²) >= 11 is 0. The number of nitriles is 1. The van der Waals surface area contributed by atoms with Gasteiger partial charge in [0.25, 0.3) is 0 Å². The quantitative estimate of drug-likeness (QED) is 0.715. The van der Waals surface area contributed by atoms with E-state index < -0.39 is 0 Å². The van der Waals surface area contributed by atoms with Crippen LogP contribution in [0.4, 0.5) is 0 Å². The van der Waals surface area contributed by atoms with E-state index in [0.717, 1.165) is 12.0 Å². The van der Waals surface area contributed by atoms with Crippen molar-refractivity contribution in [1.82, 2.24) is 5.32 Å². The lowest BCUT2D eigenvalue weighted by atomic mass is 10.2. The molecule has 0 aliphatic rings. The summed E-state index contributed by atoms with van der Waals surface area (Å²) in [4.78, 5) is 11.7. The summed E-state index contributed by atoms with van der Waals surface area (Å²) < 4.78 is 5.14. The van der Waals surface area contributed by atoms with Gasteiger partial charge in [-0.3, -0.25) is 4.79 Å². The average Bonchev–Trinajstić information content (AvgIpc) is 2.50. The molecule has 0 aromatic heterocycles. The maximum absolute atomic E-state index is 11.7. The molecule has 21 heavy (non-hydrogen) atoms. The molecule has 5 nitrogen and oxygen atoms in total. The highest BCUT2D eigenvalue weighted by Crippen LogP contribution is 2.12. The van der Waals surface area contributed by atoms with Crippen LogP contribution in [0.25, 0.3) is 6.08 Å².